The number of alkyl halides is 5. The molecule has 0 bridgehead atoms. The number of halogens is 5. The van der Waals surface area contributed by atoms with Crippen molar-refractivity contribution < 1.29 is 36.7 Å². The zero-order valence-corrected chi connectivity index (χ0v) is 16.9. The molecule has 32 heavy (non-hydrogen) atoms. The first-order valence-electron chi connectivity index (χ1n) is 8.88. The summed E-state index contributed by atoms with van der Waals surface area (Å²) < 4.78 is 70.4. The Morgan fingerprint density at radius 1 is 1.22 bits per heavy atom. The molecule has 0 aromatic carbocycles. The number of nitrogens with one attached hydrogen (secondary N) is 1. The lowest BCUT2D eigenvalue weighted by atomic mass is 10.2. The van der Waals surface area contributed by atoms with Crippen LogP contribution >= 0.6 is 11.3 Å². The van der Waals surface area contributed by atoms with E-state index in [1.165, 1.54) is 23.6 Å². The Morgan fingerprint density at radius 2 is 1.97 bits per heavy atom. The van der Waals surface area contributed by atoms with Crippen molar-refractivity contribution in [1.29, 1.82) is 0 Å². The Labute approximate surface area is 180 Å². The molecule has 0 aliphatic rings. The highest BCUT2D eigenvalue weighted by Gasteiger charge is 2.41. The Balaban J connectivity index is 1.79. The average Bonchev–Trinajstić information content (AvgIpc) is 3.33. The zero-order chi connectivity index (χ0) is 23.3. The monoisotopic (exact) mass is 470 g/mol. The van der Waals surface area contributed by atoms with E-state index in [1.807, 2.05) is 0 Å². The van der Waals surface area contributed by atoms with Gasteiger partial charge in [0.25, 0.3) is 11.8 Å². The van der Waals surface area contributed by atoms with Gasteiger partial charge in [0, 0.05) is 28.9 Å². The summed E-state index contributed by atoms with van der Waals surface area (Å²) in [5.41, 5.74) is -3.12. The number of hydrogen-bond donors (Lipinski definition) is 2. The minimum Gasteiger partial charge on any atom is -0.322 e. The first kappa shape index (κ1) is 21.6. The van der Waals surface area contributed by atoms with Gasteiger partial charge in [-0.05, 0) is 23.6 Å². The number of fused-ring (bicyclic) bond motifs is 1. The number of hydrogen-bond acceptors (Lipinski definition) is 5. The van der Waals surface area contributed by atoms with E-state index in [4.69, 9.17) is 0 Å². The molecule has 13 heteroatoms. The molecule has 2 N–H and O–H groups in total. The molecular weight excluding hydrogens is 457 g/mol. The van der Waals surface area contributed by atoms with Gasteiger partial charge < -0.3 is 5.32 Å². The van der Waals surface area contributed by atoms with E-state index >= 15 is 0 Å². The highest BCUT2D eigenvalue weighted by atomic mass is 32.1. The fourth-order valence-corrected chi connectivity index (χ4v) is 3.89. The van der Waals surface area contributed by atoms with Gasteiger partial charge in [-0.1, -0.05) is 0 Å². The summed E-state index contributed by atoms with van der Waals surface area (Å²) in [5, 5.41) is 17.7. The van der Waals surface area contributed by atoms with Crippen molar-refractivity contribution >= 4 is 33.0 Å². The summed E-state index contributed by atoms with van der Waals surface area (Å²) in [6.45, 7) is 0.602. The smallest absolute Gasteiger partial charge is 0.322 e. The van der Waals surface area contributed by atoms with Crippen LogP contribution in [-0.2, 0) is 12.1 Å². The number of carbonyl (C=O) groups excluding carboxylic acids is 1. The molecule has 0 unspecified atom stereocenters. The summed E-state index contributed by atoms with van der Waals surface area (Å²) in [7, 11) is 0. The third kappa shape index (κ3) is 3.98. The van der Waals surface area contributed by atoms with E-state index < -0.39 is 35.0 Å². The maximum absolute atomic E-state index is 14.0. The number of nitrogens with zero attached hydrogens (tertiary/aromatic N) is 4. The zero-order valence-electron chi connectivity index (χ0n) is 16.1. The van der Waals surface area contributed by atoms with Crippen LogP contribution in [-0.4, -0.2) is 25.9 Å². The number of anilines is 1. The van der Waals surface area contributed by atoms with Crippen LogP contribution in [0.3, 0.4) is 0 Å². The van der Waals surface area contributed by atoms with Gasteiger partial charge in [-0.15, -0.1) is 11.3 Å². The lowest BCUT2D eigenvalue weighted by molar-refractivity contribution is -0.903. The normalized spacial score (nSPS) is 12.3. The number of thiophene rings is 1. The Hall–Kier alpha value is -3.61. The van der Waals surface area contributed by atoms with E-state index in [9.17, 15) is 32.0 Å². The minimum atomic E-state index is -5.00. The Bertz CT molecular complexity index is 1330. The van der Waals surface area contributed by atoms with Gasteiger partial charge in [0.15, 0.2) is 5.69 Å². The molecule has 0 aliphatic carbocycles. The molecule has 0 saturated carbocycles. The Kier molecular flexibility index (Phi) is 5.07. The summed E-state index contributed by atoms with van der Waals surface area (Å²) in [4.78, 5) is 16.1. The second-order valence-corrected chi connectivity index (χ2v) is 7.76. The second-order valence-electron chi connectivity index (χ2n) is 6.81. The average molecular weight is 470 g/mol. The summed E-state index contributed by atoms with van der Waals surface area (Å²) in [6, 6.07) is 3.60. The molecule has 4 aromatic heterocycles. The van der Waals surface area contributed by atoms with E-state index in [-0.39, 0.29) is 11.4 Å². The van der Waals surface area contributed by atoms with Crippen LogP contribution in [0.4, 0.5) is 27.6 Å². The quantitative estimate of drug-likeness (QED) is 0.263. The van der Waals surface area contributed by atoms with Crippen LogP contribution in [0.1, 0.15) is 28.7 Å². The lowest BCUT2D eigenvalue weighted by Gasteiger charge is -2.13. The van der Waals surface area contributed by atoms with Crippen molar-refractivity contribution in [2.45, 2.75) is 19.0 Å². The number of amides is 1. The van der Waals surface area contributed by atoms with Gasteiger partial charge in [-0.3, -0.25) is 15.0 Å². The molecule has 0 radical (unpaired) electrons. The van der Waals surface area contributed by atoms with E-state index in [2.05, 4.69) is 15.4 Å². The van der Waals surface area contributed by atoms with Crippen LogP contribution in [0, 0.1) is 0 Å². The number of aromatic nitrogens is 4. The first-order chi connectivity index (χ1) is 14.9. The Morgan fingerprint density at radius 3 is 2.66 bits per heavy atom. The van der Waals surface area contributed by atoms with Gasteiger partial charge in [-0.2, -0.15) is 27.1 Å². The maximum Gasteiger partial charge on any atom is 0.434 e. The molecule has 0 atom stereocenters. The van der Waals surface area contributed by atoms with E-state index in [0.717, 1.165) is 24.7 Å². The van der Waals surface area contributed by atoms with Gasteiger partial charge in [0.05, 0.1) is 11.8 Å². The SMILES string of the molecule is CC(F)(F)c1cc(NC(=O)c2cnn(-c3c[n+](O)cc4sccc34)c2C(F)(F)F)ccn1. The fraction of sp³-hybridized carbons (Fsp3) is 0.158. The summed E-state index contributed by atoms with van der Waals surface area (Å²) >= 11 is 1.19. The number of rotatable bonds is 4. The van der Waals surface area contributed by atoms with Gasteiger partial charge >= 0.3 is 6.18 Å². The molecule has 0 saturated heterocycles. The molecule has 0 aliphatic heterocycles. The third-order valence-corrected chi connectivity index (χ3v) is 5.30. The van der Waals surface area contributed by atoms with Gasteiger partial charge in [-0.25, -0.2) is 4.68 Å². The fourth-order valence-electron chi connectivity index (χ4n) is 3.07. The molecule has 7 nitrogen and oxygen atoms in total. The van der Waals surface area contributed by atoms with Crippen LogP contribution in [0.5, 0.6) is 0 Å². The highest BCUT2D eigenvalue weighted by Crippen LogP contribution is 2.36. The number of pyridine rings is 2. The molecule has 4 heterocycles. The second kappa shape index (κ2) is 7.51. The number of carbonyl (C=O) groups is 1. The highest BCUT2D eigenvalue weighted by molar-refractivity contribution is 7.17. The van der Waals surface area contributed by atoms with Crippen LogP contribution in [0.2, 0.25) is 0 Å². The molecule has 4 aromatic rings. The molecule has 4 rings (SSSR count). The molecule has 0 spiro atoms. The predicted octanol–water partition coefficient (Wildman–Crippen LogP) is 4.39. The summed E-state index contributed by atoms with van der Waals surface area (Å²) in [5.74, 6) is -4.50. The van der Waals surface area contributed by atoms with E-state index in [1.54, 1.807) is 11.4 Å². The lowest BCUT2D eigenvalue weighted by Crippen LogP contribution is -2.30. The molecule has 0 fully saturated rings. The largest absolute Gasteiger partial charge is 0.434 e. The topological polar surface area (TPSA) is 83.9 Å². The van der Waals surface area contributed by atoms with Crippen LogP contribution in [0.15, 0.2) is 48.4 Å². The van der Waals surface area contributed by atoms with Crippen molar-refractivity contribution in [1.82, 2.24) is 14.8 Å². The standard InChI is InChI=1S/C19H12F5N5O2S/c1-18(20,21)15-6-10(2-4-25-15)27-17(30)12-7-26-29(16(12)19(22,23)24)13-8-28(31)9-14-11(13)3-5-32-14/h2-9H,1H3,(H-,25,27,30,31)/p+1. The van der Waals surface area contributed by atoms with Gasteiger partial charge in [0.1, 0.15) is 16.1 Å². The van der Waals surface area contributed by atoms with Gasteiger partial charge in [0.2, 0.25) is 12.4 Å². The molecule has 166 valence electrons. The van der Waals surface area contributed by atoms with Crippen molar-refractivity contribution in [2.24, 2.45) is 0 Å². The van der Waals surface area contributed by atoms with E-state index in [0.29, 0.717) is 26.4 Å². The molecule has 1 amide bonds. The minimum absolute atomic E-state index is 0.102. The summed E-state index contributed by atoms with van der Waals surface area (Å²) in [6.07, 6.45) is -0.924. The van der Waals surface area contributed by atoms with Crippen LogP contribution in [0.25, 0.3) is 15.8 Å². The molecular formula is C19H13F5N5O2S+. The van der Waals surface area contributed by atoms with Crippen molar-refractivity contribution in [2.75, 3.05) is 5.32 Å². The third-order valence-electron chi connectivity index (χ3n) is 4.45. The predicted molar refractivity (Wildman–Crippen MR) is 103 cm³/mol. The van der Waals surface area contributed by atoms with Crippen molar-refractivity contribution in [3.63, 3.8) is 0 Å². The van der Waals surface area contributed by atoms with Crippen molar-refractivity contribution in [3.05, 3.63) is 65.3 Å². The maximum atomic E-state index is 14.0. The van der Waals surface area contributed by atoms with Crippen LogP contribution < -0.4 is 10.0 Å². The van der Waals surface area contributed by atoms with Crippen molar-refractivity contribution in [3.8, 4) is 5.69 Å². The first-order valence-corrected chi connectivity index (χ1v) is 9.76.